The lowest BCUT2D eigenvalue weighted by Crippen LogP contribution is -2.25. The van der Waals surface area contributed by atoms with Crippen LogP contribution in [0.25, 0.3) is 66.1 Å². The van der Waals surface area contributed by atoms with Crippen molar-refractivity contribution in [3.8, 4) is 22.5 Å². The van der Waals surface area contributed by atoms with Crippen LogP contribution in [0, 0.1) is 0 Å². The number of fused-ring (bicyclic) bond motifs is 6. The lowest BCUT2D eigenvalue weighted by atomic mass is 10.0. The summed E-state index contributed by atoms with van der Waals surface area (Å²) >= 11 is 0. The Labute approximate surface area is 326 Å². The molecule has 280 valence electrons. The summed E-state index contributed by atoms with van der Waals surface area (Å²) in [5.41, 5.74) is 7.27. The zero-order valence-corrected chi connectivity index (χ0v) is 30.8. The minimum atomic E-state index is -0.972. The van der Waals surface area contributed by atoms with E-state index in [1.54, 1.807) is 24.4 Å². The van der Waals surface area contributed by atoms with Crippen molar-refractivity contribution in [3.63, 3.8) is 0 Å². The third-order valence-corrected chi connectivity index (χ3v) is 10.4. The van der Waals surface area contributed by atoms with E-state index in [1.165, 1.54) is 0 Å². The van der Waals surface area contributed by atoms with Gasteiger partial charge >= 0.3 is 5.97 Å². The number of aromatic nitrogens is 6. The Morgan fingerprint density at radius 2 is 0.982 bits per heavy atom. The molecule has 3 fully saturated rings. The molecule has 1 amide bonds. The van der Waals surface area contributed by atoms with Gasteiger partial charge in [-0.1, -0.05) is 72.8 Å². The van der Waals surface area contributed by atoms with Crippen LogP contribution in [0.5, 0.6) is 0 Å². The molecule has 4 aromatic heterocycles. The number of benzene rings is 4. The van der Waals surface area contributed by atoms with Crippen LogP contribution in [-0.4, -0.2) is 65.0 Å². The van der Waals surface area contributed by atoms with Crippen molar-refractivity contribution in [1.29, 1.82) is 0 Å². The number of carbonyl (C=O) groups excluding carboxylic acids is 1. The van der Waals surface area contributed by atoms with Crippen molar-refractivity contribution in [3.05, 3.63) is 121 Å². The van der Waals surface area contributed by atoms with Gasteiger partial charge in [0, 0.05) is 68.8 Å². The highest BCUT2D eigenvalue weighted by Crippen LogP contribution is 2.35. The first-order valence-corrected chi connectivity index (χ1v) is 19.3. The second kappa shape index (κ2) is 14.2. The summed E-state index contributed by atoms with van der Waals surface area (Å²) in [5, 5.41) is 22.7. The van der Waals surface area contributed by atoms with Crippen molar-refractivity contribution in [2.75, 3.05) is 10.6 Å². The molecule has 11 rings (SSSR count). The average molecular weight is 752 g/mol. The van der Waals surface area contributed by atoms with E-state index in [9.17, 15) is 14.7 Å². The smallest absolute Gasteiger partial charge is 0.335 e. The third kappa shape index (κ3) is 7.25. The standard InChI is InChI=1S/C24H21N5O.C21H16N4O2/c30-23(26-16-7-8-16)15-6-11-18-19-13-25-24(27-17-9-10-17)29-22(19)21(28-20(18)12-15)14-4-2-1-3-5-14;26-20(27)13-6-9-15-16-11-22-21(23-14-7-8-14)25-19(16)18(24-17(15)10-13)12-4-2-1-3-5-12/h1-6,11-13,16-17H,7-10H2,(H,26,30)(H,25,27,29);1-6,9-11,14H,7-8H2,(H,26,27)(H,22,23,25). The summed E-state index contributed by atoms with van der Waals surface area (Å²) in [6.45, 7) is 0. The number of hydrogen-bond donors (Lipinski definition) is 4. The van der Waals surface area contributed by atoms with Gasteiger partial charge in [-0.3, -0.25) is 4.79 Å². The van der Waals surface area contributed by atoms with Crippen molar-refractivity contribution in [2.45, 2.75) is 56.7 Å². The number of nitrogens with zero attached hydrogens (tertiary/aromatic N) is 6. The molecule has 4 aromatic carbocycles. The molecule has 0 bridgehead atoms. The van der Waals surface area contributed by atoms with Gasteiger partial charge in [-0.15, -0.1) is 0 Å². The van der Waals surface area contributed by atoms with E-state index >= 15 is 0 Å². The first-order chi connectivity index (χ1) is 27.9. The second-order valence-electron chi connectivity index (χ2n) is 14.9. The quantitative estimate of drug-likeness (QED) is 0.105. The molecule has 0 radical (unpaired) electrons. The Morgan fingerprint density at radius 1 is 0.526 bits per heavy atom. The fourth-order valence-electron chi connectivity index (χ4n) is 6.89. The summed E-state index contributed by atoms with van der Waals surface area (Å²) in [7, 11) is 0. The first kappa shape index (κ1) is 34.4. The van der Waals surface area contributed by atoms with Crippen molar-refractivity contribution in [1.82, 2.24) is 35.2 Å². The van der Waals surface area contributed by atoms with Gasteiger partial charge in [0.25, 0.3) is 5.91 Å². The first-order valence-electron chi connectivity index (χ1n) is 19.3. The molecule has 57 heavy (non-hydrogen) atoms. The van der Waals surface area contributed by atoms with Gasteiger partial charge in [0.05, 0.1) is 28.0 Å². The monoisotopic (exact) mass is 751 g/mol. The van der Waals surface area contributed by atoms with E-state index in [4.69, 9.17) is 19.9 Å². The minimum Gasteiger partial charge on any atom is -0.478 e. The normalized spacial score (nSPS) is 14.9. The molecule has 0 spiro atoms. The molecular weight excluding hydrogens is 715 g/mol. The predicted molar refractivity (Wildman–Crippen MR) is 221 cm³/mol. The van der Waals surface area contributed by atoms with Crippen LogP contribution in [0.2, 0.25) is 0 Å². The molecule has 3 saturated carbocycles. The van der Waals surface area contributed by atoms with Gasteiger partial charge in [0.15, 0.2) is 0 Å². The number of aromatic carboxylic acids is 1. The molecule has 0 aliphatic heterocycles. The molecule has 4 heterocycles. The number of carbonyl (C=O) groups is 2. The minimum absolute atomic E-state index is 0.0391. The molecule has 3 aliphatic rings. The Hall–Kier alpha value is -7.08. The second-order valence-corrected chi connectivity index (χ2v) is 14.9. The Balaban J connectivity index is 0.000000140. The van der Waals surface area contributed by atoms with Gasteiger partial charge in [-0.05, 0) is 62.8 Å². The highest BCUT2D eigenvalue weighted by molar-refractivity contribution is 6.12. The van der Waals surface area contributed by atoms with Gasteiger partial charge in [-0.2, -0.15) is 0 Å². The molecule has 12 heteroatoms. The predicted octanol–water partition coefficient (Wildman–Crippen LogP) is 8.43. The number of carboxylic acid groups (broad SMARTS) is 1. The van der Waals surface area contributed by atoms with Crippen LogP contribution in [0.4, 0.5) is 11.9 Å². The van der Waals surface area contributed by atoms with Crippen LogP contribution in [0.3, 0.4) is 0 Å². The van der Waals surface area contributed by atoms with Gasteiger partial charge < -0.3 is 21.1 Å². The Kier molecular flexibility index (Phi) is 8.58. The summed E-state index contributed by atoms with van der Waals surface area (Å²) in [4.78, 5) is 52.2. The summed E-state index contributed by atoms with van der Waals surface area (Å²) in [6.07, 6.45) is 10.4. The molecule has 8 aromatic rings. The highest BCUT2D eigenvalue weighted by atomic mass is 16.4. The SMILES string of the molecule is O=C(NC1CC1)c1ccc2c(c1)nc(-c1ccccc1)c1nc(NC3CC3)ncc12.O=C(O)c1ccc2c(c1)nc(-c1ccccc1)c1nc(NC3CC3)ncc12. The number of pyridine rings is 2. The van der Waals surface area contributed by atoms with E-state index in [0.717, 1.165) is 99.1 Å². The van der Waals surface area contributed by atoms with Crippen LogP contribution in [-0.2, 0) is 0 Å². The Bertz CT molecular complexity index is 2860. The molecule has 3 aliphatic carbocycles. The van der Waals surface area contributed by atoms with Crippen LogP contribution in [0.1, 0.15) is 59.2 Å². The number of rotatable bonds is 9. The van der Waals surface area contributed by atoms with Gasteiger partial charge in [0.2, 0.25) is 11.9 Å². The number of amides is 1. The van der Waals surface area contributed by atoms with E-state index in [1.807, 2.05) is 85.1 Å². The fraction of sp³-hybridized carbons (Fsp3) is 0.200. The fourth-order valence-corrected chi connectivity index (χ4v) is 6.89. The maximum absolute atomic E-state index is 12.5. The van der Waals surface area contributed by atoms with E-state index in [0.29, 0.717) is 41.1 Å². The molecule has 4 N–H and O–H groups in total. The van der Waals surface area contributed by atoms with E-state index in [-0.39, 0.29) is 11.5 Å². The van der Waals surface area contributed by atoms with E-state index in [2.05, 4.69) is 25.9 Å². The van der Waals surface area contributed by atoms with Crippen molar-refractivity contribution < 1.29 is 14.7 Å². The number of nitrogens with one attached hydrogen (secondary N) is 3. The lowest BCUT2D eigenvalue weighted by Gasteiger charge is -2.12. The lowest BCUT2D eigenvalue weighted by molar-refractivity contribution is 0.0696. The highest BCUT2D eigenvalue weighted by Gasteiger charge is 2.26. The summed E-state index contributed by atoms with van der Waals surface area (Å²) in [6, 6.07) is 31.8. The number of carboxylic acids is 1. The van der Waals surface area contributed by atoms with Gasteiger partial charge in [-0.25, -0.2) is 34.7 Å². The van der Waals surface area contributed by atoms with Crippen LogP contribution < -0.4 is 16.0 Å². The molecule has 0 atom stereocenters. The van der Waals surface area contributed by atoms with Crippen LogP contribution in [0.15, 0.2) is 109 Å². The van der Waals surface area contributed by atoms with Crippen molar-refractivity contribution >= 4 is 67.4 Å². The van der Waals surface area contributed by atoms with Crippen molar-refractivity contribution in [2.24, 2.45) is 0 Å². The van der Waals surface area contributed by atoms with Crippen LogP contribution >= 0.6 is 0 Å². The largest absolute Gasteiger partial charge is 0.478 e. The number of anilines is 2. The summed E-state index contributed by atoms with van der Waals surface area (Å²) < 4.78 is 0. The third-order valence-electron chi connectivity index (χ3n) is 10.4. The molecule has 12 nitrogen and oxygen atoms in total. The topological polar surface area (TPSA) is 168 Å². The van der Waals surface area contributed by atoms with Gasteiger partial charge in [0.1, 0.15) is 11.0 Å². The number of hydrogen-bond acceptors (Lipinski definition) is 10. The summed E-state index contributed by atoms with van der Waals surface area (Å²) in [5.74, 6) is 0.234. The average Bonchev–Trinajstić information content (AvgIpc) is 4.09. The van der Waals surface area contributed by atoms with E-state index < -0.39 is 5.97 Å². The zero-order valence-electron chi connectivity index (χ0n) is 30.8. The Morgan fingerprint density at radius 3 is 1.44 bits per heavy atom. The molecular formula is C45H37N9O3. The maximum atomic E-state index is 12.5. The molecule has 0 saturated heterocycles. The maximum Gasteiger partial charge on any atom is 0.335 e. The molecule has 0 unspecified atom stereocenters. The zero-order chi connectivity index (χ0) is 38.5.